The van der Waals surface area contributed by atoms with Crippen molar-refractivity contribution in [2.75, 3.05) is 6.54 Å². The number of nitrogens with zero attached hydrogens (tertiary/aromatic N) is 2. The van der Waals surface area contributed by atoms with E-state index in [1.165, 1.54) is 0 Å². The average Bonchev–Trinajstić information content (AvgIpc) is 3.09. The van der Waals surface area contributed by atoms with Crippen LogP contribution in [0.4, 0.5) is 0 Å². The van der Waals surface area contributed by atoms with Crippen molar-refractivity contribution in [1.82, 2.24) is 9.88 Å². The summed E-state index contributed by atoms with van der Waals surface area (Å²) >= 11 is 1.56. The number of carboxylic acid groups (broad SMARTS) is 1. The second kappa shape index (κ2) is 5.76. The molecule has 6 heteroatoms. The van der Waals surface area contributed by atoms with Crippen LogP contribution < -0.4 is 0 Å². The number of hydrogen-bond acceptors (Lipinski definition) is 5. The van der Waals surface area contributed by atoms with Gasteiger partial charge in [-0.25, -0.2) is 4.98 Å². The van der Waals surface area contributed by atoms with Gasteiger partial charge >= 0.3 is 5.97 Å². The molecular weight excluding hydrogens is 276 g/mol. The molecule has 3 heterocycles. The van der Waals surface area contributed by atoms with Gasteiger partial charge in [0.15, 0.2) is 0 Å². The smallest absolute Gasteiger partial charge is 0.320 e. The van der Waals surface area contributed by atoms with E-state index in [-0.39, 0.29) is 6.04 Å². The molecule has 2 aromatic heterocycles. The van der Waals surface area contributed by atoms with Crippen LogP contribution >= 0.6 is 11.3 Å². The first-order valence-electron chi connectivity index (χ1n) is 6.68. The van der Waals surface area contributed by atoms with Gasteiger partial charge in [-0.15, -0.1) is 11.3 Å². The fourth-order valence-corrected chi connectivity index (χ4v) is 3.36. The molecule has 1 unspecified atom stereocenters. The molecule has 1 aliphatic rings. The minimum atomic E-state index is -0.727. The number of aromatic nitrogens is 1. The van der Waals surface area contributed by atoms with Crippen molar-refractivity contribution in [3.63, 3.8) is 0 Å². The fourth-order valence-electron chi connectivity index (χ4n) is 2.57. The Hall–Kier alpha value is -1.66. The highest BCUT2D eigenvalue weighted by molar-refractivity contribution is 7.13. The molecule has 0 radical (unpaired) electrons. The lowest BCUT2D eigenvalue weighted by atomic mass is 10.0. The summed E-state index contributed by atoms with van der Waals surface area (Å²) in [6, 6.07) is 1.51. The molecule has 0 saturated carbocycles. The quantitative estimate of drug-likeness (QED) is 0.938. The molecule has 5 nitrogen and oxygen atoms in total. The summed E-state index contributed by atoms with van der Waals surface area (Å²) in [7, 11) is 0. The topological polar surface area (TPSA) is 66.6 Å². The van der Waals surface area contributed by atoms with Crippen LogP contribution in [0.3, 0.4) is 0 Å². The van der Waals surface area contributed by atoms with E-state index in [1.807, 2.05) is 16.3 Å². The first kappa shape index (κ1) is 13.3. The van der Waals surface area contributed by atoms with E-state index < -0.39 is 5.97 Å². The van der Waals surface area contributed by atoms with Gasteiger partial charge in [-0.1, -0.05) is 6.42 Å². The molecule has 1 atom stereocenters. The van der Waals surface area contributed by atoms with Crippen LogP contribution in [0.1, 0.15) is 25.0 Å². The minimum Gasteiger partial charge on any atom is -0.480 e. The van der Waals surface area contributed by atoms with Crippen LogP contribution in [0.5, 0.6) is 0 Å². The third-order valence-electron chi connectivity index (χ3n) is 3.58. The SMILES string of the molecule is O=C(O)C1CCCCN1Cc1csc(-c2ccoc2)n1. The molecule has 1 fully saturated rings. The molecule has 0 aliphatic carbocycles. The van der Waals surface area contributed by atoms with E-state index in [2.05, 4.69) is 4.98 Å². The zero-order valence-corrected chi connectivity index (χ0v) is 11.8. The second-order valence-electron chi connectivity index (χ2n) is 4.98. The van der Waals surface area contributed by atoms with E-state index in [1.54, 1.807) is 23.9 Å². The third-order valence-corrected chi connectivity index (χ3v) is 4.52. The highest BCUT2D eigenvalue weighted by Gasteiger charge is 2.28. The lowest BCUT2D eigenvalue weighted by Gasteiger charge is -2.32. The summed E-state index contributed by atoms with van der Waals surface area (Å²) in [6.07, 6.45) is 6.08. The largest absolute Gasteiger partial charge is 0.480 e. The number of thiazole rings is 1. The summed E-state index contributed by atoms with van der Waals surface area (Å²) in [5, 5.41) is 12.2. The number of hydrogen-bond donors (Lipinski definition) is 1. The van der Waals surface area contributed by atoms with Crippen molar-refractivity contribution in [2.24, 2.45) is 0 Å². The van der Waals surface area contributed by atoms with Crippen molar-refractivity contribution in [1.29, 1.82) is 0 Å². The Bertz CT molecular complexity index is 579. The van der Waals surface area contributed by atoms with Crippen molar-refractivity contribution in [3.8, 4) is 10.6 Å². The fraction of sp³-hybridized carbons (Fsp3) is 0.429. The van der Waals surface area contributed by atoms with E-state index in [0.29, 0.717) is 6.54 Å². The lowest BCUT2D eigenvalue weighted by Crippen LogP contribution is -2.44. The van der Waals surface area contributed by atoms with Gasteiger partial charge in [0.1, 0.15) is 17.3 Å². The van der Waals surface area contributed by atoms with Gasteiger partial charge in [0.2, 0.25) is 0 Å². The number of rotatable bonds is 4. The lowest BCUT2D eigenvalue weighted by molar-refractivity contribution is -0.144. The van der Waals surface area contributed by atoms with E-state index in [4.69, 9.17) is 4.42 Å². The molecule has 106 valence electrons. The van der Waals surface area contributed by atoms with Crippen molar-refractivity contribution in [2.45, 2.75) is 31.8 Å². The Morgan fingerprint density at radius 1 is 1.55 bits per heavy atom. The third kappa shape index (κ3) is 2.76. The molecular formula is C14H16N2O3S. The van der Waals surface area contributed by atoms with Crippen molar-refractivity contribution >= 4 is 17.3 Å². The summed E-state index contributed by atoms with van der Waals surface area (Å²) in [5.74, 6) is -0.727. The van der Waals surface area contributed by atoms with Crippen LogP contribution in [0.25, 0.3) is 10.6 Å². The van der Waals surface area contributed by atoms with E-state index in [0.717, 1.165) is 42.1 Å². The Kier molecular flexibility index (Phi) is 3.84. The van der Waals surface area contributed by atoms with Crippen molar-refractivity contribution in [3.05, 3.63) is 29.7 Å². The number of aliphatic carboxylic acids is 1. The predicted molar refractivity (Wildman–Crippen MR) is 75.5 cm³/mol. The van der Waals surface area contributed by atoms with Gasteiger partial charge in [-0.2, -0.15) is 0 Å². The first-order chi connectivity index (χ1) is 9.74. The van der Waals surface area contributed by atoms with Gasteiger partial charge in [-0.3, -0.25) is 9.69 Å². The van der Waals surface area contributed by atoms with Crippen LogP contribution in [-0.2, 0) is 11.3 Å². The van der Waals surface area contributed by atoms with Crippen LogP contribution in [0.15, 0.2) is 28.4 Å². The number of likely N-dealkylation sites (tertiary alicyclic amines) is 1. The molecule has 1 aliphatic heterocycles. The number of furan rings is 1. The van der Waals surface area contributed by atoms with Gasteiger partial charge in [0.05, 0.1) is 12.0 Å². The second-order valence-corrected chi connectivity index (χ2v) is 5.83. The van der Waals surface area contributed by atoms with Crippen LogP contribution in [0, 0.1) is 0 Å². The normalized spacial score (nSPS) is 20.1. The Balaban J connectivity index is 1.72. The molecule has 20 heavy (non-hydrogen) atoms. The predicted octanol–water partition coefficient (Wildman–Crippen LogP) is 2.84. The van der Waals surface area contributed by atoms with E-state index in [9.17, 15) is 9.90 Å². The van der Waals surface area contributed by atoms with Crippen LogP contribution in [0.2, 0.25) is 0 Å². The highest BCUT2D eigenvalue weighted by Crippen LogP contribution is 2.26. The van der Waals surface area contributed by atoms with E-state index >= 15 is 0 Å². The molecule has 0 amide bonds. The molecule has 1 N–H and O–H groups in total. The van der Waals surface area contributed by atoms with Crippen molar-refractivity contribution < 1.29 is 14.3 Å². The molecule has 0 spiro atoms. The summed E-state index contributed by atoms with van der Waals surface area (Å²) < 4.78 is 5.06. The van der Waals surface area contributed by atoms with Gasteiger partial charge in [0.25, 0.3) is 0 Å². The minimum absolute atomic E-state index is 0.372. The summed E-state index contributed by atoms with van der Waals surface area (Å²) in [5.41, 5.74) is 1.90. The molecule has 3 rings (SSSR count). The maximum absolute atomic E-state index is 11.3. The first-order valence-corrected chi connectivity index (χ1v) is 7.56. The highest BCUT2D eigenvalue weighted by atomic mass is 32.1. The Morgan fingerprint density at radius 3 is 3.20 bits per heavy atom. The number of carboxylic acids is 1. The average molecular weight is 292 g/mol. The molecule has 0 bridgehead atoms. The standard InChI is InChI=1S/C14H16N2O3S/c17-14(18)12-3-1-2-5-16(12)7-11-9-20-13(15-11)10-4-6-19-8-10/h4,6,8-9,12H,1-3,5,7H2,(H,17,18). The molecule has 2 aromatic rings. The zero-order chi connectivity index (χ0) is 13.9. The summed E-state index contributed by atoms with van der Waals surface area (Å²) in [4.78, 5) is 17.9. The molecule has 1 saturated heterocycles. The zero-order valence-electron chi connectivity index (χ0n) is 11.0. The number of piperidine rings is 1. The van der Waals surface area contributed by atoms with Gasteiger partial charge in [-0.05, 0) is 25.5 Å². The Labute approximate surface area is 120 Å². The Morgan fingerprint density at radius 2 is 2.45 bits per heavy atom. The maximum atomic E-state index is 11.3. The molecule has 0 aromatic carbocycles. The monoisotopic (exact) mass is 292 g/mol. The summed E-state index contributed by atoms with van der Waals surface area (Å²) in [6.45, 7) is 1.43. The van der Waals surface area contributed by atoms with Gasteiger partial charge in [0, 0.05) is 17.5 Å². The maximum Gasteiger partial charge on any atom is 0.320 e. The number of carbonyl (C=O) groups is 1. The van der Waals surface area contributed by atoms with Crippen LogP contribution in [-0.4, -0.2) is 33.5 Å². The van der Waals surface area contributed by atoms with Gasteiger partial charge < -0.3 is 9.52 Å².